The molecule has 2 atom stereocenters. The van der Waals surface area contributed by atoms with Gasteiger partial charge in [0.25, 0.3) is 0 Å². The van der Waals surface area contributed by atoms with Crippen molar-refractivity contribution in [1.29, 1.82) is 0 Å². The van der Waals surface area contributed by atoms with Crippen molar-refractivity contribution in [2.45, 2.75) is 83.5 Å². The van der Waals surface area contributed by atoms with Gasteiger partial charge in [0.15, 0.2) is 0 Å². The van der Waals surface area contributed by atoms with Crippen molar-refractivity contribution in [2.75, 3.05) is 13.2 Å². The first-order valence-electron chi connectivity index (χ1n) is 11.3. The summed E-state index contributed by atoms with van der Waals surface area (Å²) in [5, 5.41) is 0. The van der Waals surface area contributed by atoms with Crippen LogP contribution in [0, 0.1) is 5.41 Å². The fourth-order valence-corrected chi connectivity index (χ4v) is 5.19. The summed E-state index contributed by atoms with van der Waals surface area (Å²) in [6.45, 7) is 3.74. The lowest BCUT2D eigenvalue weighted by atomic mass is 9.83. The number of esters is 1. The highest BCUT2D eigenvalue weighted by atomic mass is 16.5. The molecule has 3 aliphatic rings. The van der Waals surface area contributed by atoms with Crippen LogP contribution in [0.5, 0.6) is 0 Å². The van der Waals surface area contributed by atoms with E-state index in [4.69, 9.17) is 9.47 Å². The Hall–Kier alpha value is -1.77. The number of ether oxygens (including phenoxy) is 2. The summed E-state index contributed by atoms with van der Waals surface area (Å²) >= 11 is 0. The highest BCUT2D eigenvalue weighted by molar-refractivity contribution is 5.72. The summed E-state index contributed by atoms with van der Waals surface area (Å²) in [7, 11) is 0. The van der Waals surface area contributed by atoms with Gasteiger partial charge in [0.1, 0.15) is 0 Å². The fraction of sp³-hybridized carbons (Fsp3) is 0.640. The molecule has 3 heteroatoms. The van der Waals surface area contributed by atoms with Crippen molar-refractivity contribution in [3.05, 3.63) is 40.6 Å². The predicted octanol–water partition coefficient (Wildman–Crippen LogP) is 6.16. The molecular weight excluding hydrogens is 348 g/mol. The summed E-state index contributed by atoms with van der Waals surface area (Å²) in [5.41, 5.74) is 4.34. The van der Waals surface area contributed by atoms with Crippen LogP contribution in [0.25, 0.3) is 6.08 Å². The number of carbonyl (C=O) groups excluding carboxylic acids is 1. The van der Waals surface area contributed by atoms with Crippen LogP contribution < -0.4 is 0 Å². The van der Waals surface area contributed by atoms with Gasteiger partial charge in [-0.25, -0.2) is 0 Å². The van der Waals surface area contributed by atoms with Crippen molar-refractivity contribution in [2.24, 2.45) is 5.41 Å². The molecule has 0 N–H and O–H groups in total. The van der Waals surface area contributed by atoms with Gasteiger partial charge in [0, 0.05) is 11.8 Å². The molecule has 0 unspecified atom stereocenters. The molecule has 0 amide bonds. The lowest BCUT2D eigenvalue weighted by molar-refractivity contribution is -0.137. The third-order valence-corrected chi connectivity index (χ3v) is 6.89. The Kier molecular flexibility index (Phi) is 6.08. The Labute approximate surface area is 169 Å². The average Bonchev–Trinajstić information content (AvgIpc) is 3.29. The third-order valence-electron chi connectivity index (χ3n) is 6.89. The van der Waals surface area contributed by atoms with E-state index in [0.717, 1.165) is 38.0 Å². The molecule has 1 aromatic carbocycles. The zero-order valence-electron chi connectivity index (χ0n) is 17.3. The number of cyclic esters (lactones) is 1. The van der Waals surface area contributed by atoms with E-state index in [1.807, 2.05) is 0 Å². The number of hydrogen-bond donors (Lipinski definition) is 0. The highest BCUT2D eigenvalue weighted by Crippen LogP contribution is 2.51. The van der Waals surface area contributed by atoms with E-state index in [1.54, 1.807) is 0 Å². The number of aryl methyl sites for hydroxylation is 1. The number of benzene rings is 1. The molecule has 2 aliphatic carbocycles. The Bertz CT molecular complexity index is 735. The Balaban J connectivity index is 1.33. The maximum atomic E-state index is 11.6. The zero-order chi connectivity index (χ0) is 19.4. The van der Waals surface area contributed by atoms with Gasteiger partial charge in [0.2, 0.25) is 0 Å². The molecular formula is C25H34O3. The minimum atomic E-state index is -0.00544. The van der Waals surface area contributed by atoms with Crippen LogP contribution in [0.3, 0.4) is 0 Å². The largest absolute Gasteiger partial charge is 0.498 e. The van der Waals surface area contributed by atoms with Crippen molar-refractivity contribution in [3.8, 4) is 0 Å². The lowest BCUT2D eigenvalue weighted by Gasteiger charge is -2.21. The van der Waals surface area contributed by atoms with Crippen LogP contribution in [0.2, 0.25) is 0 Å². The van der Waals surface area contributed by atoms with Gasteiger partial charge in [-0.3, -0.25) is 4.79 Å². The molecule has 0 aromatic heterocycles. The van der Waals surface area contributed by atoms with E-state index >= 15 is 0 Å². The lowest BCUT2D eigenvalue weighted by Crippen LogP contribution is -2.16. The number of rotatable bonds is 8. The van der Waals surface area contributed by atoms with Crippen LogP contribution >= 0.6 is 0 Å². The van der Waals surface area contributed by atoms with Gasteiger partial charge < -0.3 is 9.47 Å². The quantitative estimate of drug-likeness (QED) is 0.399. The molecule has 2 fully saturated rings. The highest BCUT2D eigenvalue weighted by Gasteiger charge is 2.46. The number of carbonyl (C=O) groups is 1. The molecule has 1 saturated carbocycles. The topological polar surface area (TPSA) is 35.5 Å². The SMILES string of the molecule is CCCCCCCOC1=Cc2ccc([C@H]3CC[C@]4(COC(=O)C4)C3)cc2CC1. The molecule has 4 rings (SSSR count). The summed E-state index contributed by atoms with van der Waals surface area (Å²) in [5.74, 6) is 1.72. The first kappa shape index (κ1) is 19.5. The zero-order valence-corrected chi connectivity index (χ0v) is 17.3. The van der Waals surface area contributed by atoms with Crippen molar-refractivity contribution in [3.63, 3.8) is 0 Å². The summed E-state index contributed by atoms with van der Waals surface area (Å²) in [6, 6.07) is 6.98. The van der Waals surface area contributed by atoms with Crippen molar-refractivity contribution >= 4 is 12.0 Å². The molecule has 1 saturated heterocycles. The van der Waals surface area contributed by atoms with E-state index < -0.39 is 0 Å². The van der Waals surface area contributed by atoms with E-state index in [1.165, 1.54) is 55.2 Å². The minimum absolute atomic E-state index is 0.00544. The smallest absolute Gasteiger partial charge is 0.306 e. The van der Waals surface area contributed by atoms with E-state index in [9.17, 15) is 4.79 Å². The van der Waals surface area contributed by atoms with Crippen LogP contribution in [0.4, 0.5) is 0 Å². The maximum absolute atomic E-state index is 11.6. The van der Waals surface area contributed by atoms with Gasteiger partial charge in [-0.15, -0.1) is 0 Å². The van der Waals surface area contributed by atoms with Crippen molar-refractivity contribution < 1.29 is 14.3 Å². The van der Waals surface area contributed by atoms with Crippen molar-refractivity contribution in [1.82, 2.24) is 0 Å². The minimum Gasteiger partial charge on any atom is -0.498 e. The summed E-state index contributed by atoms with van der Waals surface area (Å²) in [4.78, 5) is 11.6. The second-order valence-corrected chi connectivity index (χ2v) is 9.11. The van der Waals surface area contributed by atoms with Gasteiger partial charge >= 0.3 is 5.97 Å². The standard InChI is InChI=1S/C25H34O3/c1-2-3-4-5-6-13-27-23-10-9-19-14-20(7-8-21(19)15-23)22-11-12-25(16-22)17-24(26)28-18-25/h7-8,14-15,22H,2-6,9-13,16-18H2,1H3/t22-,25-/m0/s1. The summed E-state index contributed by atoms with van der Waals surface area (Å²) in [6.07, 6.45) is 14.8. The first-order chi connectivity index (χ1) is 13.7. The van der Waals surface area contributed by atoms with E-state index in [0.29, 0.717) is 18.9 Å². The molecule has 3 nitrogen and oxygen atoms in total. The Morgan fingerprint density at radius 3 is 2.89 bits per heavy atom. The second kappa shape index (κ2) is 8.71. The summed E-state index contributed by atoms with van der Waals surface area (Å²) < 4.78 is 11.3. The molecule has 0 bridgehead atoms. The number of fused-ring (bicyclic) bond motifs is 1. The molecule has 28 heavy (non-hydrogen) atoms. The van der Waals surface area contributed by atoms with E-state index in [-0.39, 0.29) is 11.4 Å². The second-order valence-electron chi connectivity index (χ2n) is 9.11. The van der Waals surface area contributed by atoms with Gasteiger partial charge in [-0.05, 0) is 60.8 Å². The maximum Gasteiger partial charge on any atom is 0.306 e. The third kappa shape index (κ3) is 4.45. The average molecular weight is 383 g/mol. The molecule has 0 radical (unpaired) electrons. The molecule has 1 aliphatic heterocycles. The Morgan fingerprint density at radius 2 is 2.07 bits per heavy atom. The number of unbranched alkanes of at least 4 members (excludes halogenated alkanes) is 4. The van der Waals surface area contributed by atoms with E-state index in [2.05, 4.69) is 31.2 Å². The Morgan fingerprint density at radius 1 is 1.18 bits per heavy atom. The molecule has 1 heterocycles. The van der Waals surface area contributed by atoms with Crippen LogP contribution in [-0.4, -0.2) is 19.2 Å². The monoisotopic (exact) mass is 382 g/mol. The van der Waals surface area contributed by atoms with Gasteiger partial charge in [-0.1, -0.05) is 50.8 Å². The van der Waals surface area contributed by atoms with Crippen LogP contribution in [0.15, 0.2) is 24.0 Å². The molecule has 1 aromatic rings. The number of allylic oxidation sites excluding steroid dienone is 1. The van der Waals surface area contributed by atoms with Gasteiger partial charge in [-0.2, -0.15) is 0 Å². The number of hydrogen-bond acceptors (Lipinski definition) is 3. The van der Waals surface area contributed by atoms with Crippen LogP contribution in [0.1, 0.15) is 93.7 Å². The van der Waals surface area contributed by atoms with Gasteiger partial charge in [0.05, 0.1) is 25.4 Å². The fourth-order valence-electron chi connectivity index (χ4n) is 5.19. The first-order valence-corrected chi connectivity index (χ1v) is 11.3. The normalized spacial score (nSPS) is 26.2. The predicted molar refractivity (Wildman–Crippen MR) is 112 cm³/mol. The van der Waals surface area contributed by atoms with Crippen LogP contribution in [-0.2, 0) is 20.7 Å². The molecule has 152 valence electrons. The molecule has 1 spiro atoms.